The maximum atomic E-state index is 13.3. The van der Waals surface area contributed by atoms with Gasteiger partial charge in [0.05, 0.1) is 4.90 Å². The van der Waals surface area contributed by atoms with Crippen LogP contribution in [0.1, 0.15) is 13.3 Å². The predicted molar refractivity (Wildman–Crippen MR) is 74.2 cm³/mol. The lowest BCUT2D eigenvalue weighted by atomic mass is 9.93. The van der Waals surface area contributed by atoms with Gasteiger partial charge in [0.1, 0.15) is 5.82 Å². The summed E-state index contributed by atoms with van der Waals surface area (Å²) in [5.41, 5.74) is 0. The minimum Gasteiger partial charge on any atom is -0.316 e. The molecule has 20 heavy (non-hydrogen) atoms. The van der Waals surface area contributed by atoms with E-state index >= 15 is 0 Å². The van der Waals surface area contributed by atoms with Gasteiger partial charge in [-0.15, -0.1) is 0 Å². The zero-order valence-corrected chi connectivity index (χ0v) is 12.2. The van der Waals surface area contributed by atoms with Crippen molar-refractivity contribution in [2.45, 2.75) is 24.3 Å². The van der Waals surface area contributed by atoms with Crippen LogP contribution in [-0.2, 0) is 10.0 Å². The highest BCUT2D eigenvalue weighted by Gasteiger charge is 2.48. The third kappa shape index (κ3) is 2.16. The molecule has 2 saturated heterocycles. The highest BCUT2D eigenvalue weighted by atomic mass is 32.2. The first kappa shape index (κ1) is 14.0. The number of nitrogens with zero attached hydrogens (tertiary/aromatic N) is 1. The van der Waals surface area contributed by atoms with Crippen molar-refractivity contribution in [2.75, 3.05) is 19.6 Å². The van der Waals surface area contributed by atoms with Gasteiger partial charge in [0.15, 0.2) is 0 Å². The van der Waals surface area contributed by atoms with Crippen LogP contribution in [0.4, 0.5) is 4.39 Å². The Hall–Kier alpha value is -0.980. The minimum atomic E-state index is -3.60. The lowest BCUT2D eigenvalue weighted by Gasteiger charge is -2.26. The van der Waals surface area contributed by atoms with Gasteiger partial charge in [-0.05, 0) is 49.5 Å². The van der Waals surface area contributed by atoms with Gasteiger partial charge in [-0.2, -0.15) is 4.31 Å². The molecule has 2 heterocycles. The predicted octanol–water partition coefficient (Wildman–Crippen LogP) is 1.44. The Kier molecular flexibility index (Phi) is 3.56. The van der Waals surface area contributed by atoms with Crippen molar-refractivity contribution >= 4 is 10.0 Å². The topological polar surface area (TPSA) is 49.4 Å². The van der Waals surface area contributed by atoms with Gasteiger partial charge < -0.3 is 5.32 Å². The zero-order chi connectivity index (χ0) is 14.3. The molecule has 1 aromatic rings. The zero-order valence-electron chi connectivity index (χ0n) is 11.4. The molecule has 0 aliphatic carbocycles. The lowest BCUT2D eigenvalue weighted by Crippen LogP contribution is -2.39. The average Bonchev–Trinajstić information content (AvgIpc) is 2.98. The van der Waals surface area contributed by atoms with E-state index in [1.807, 2.05) is 6.92 Å². The van der Waals surface area contributed by atoms with E-state index in [9.17, 15) is 12.8 Å². The van der Waals surface area contributed by atoms with Crippen LogP contribution in [0.25, 0.3) is 0 Å². The molecule has 3 rings (SSSR count). The molecule has 4 nitrogen and oxygen atoms in total. The number of nitrogens with one attached hydrogen (secondary N) is 1. The van der Waals surface area contributed by atoms with Gasteiger partial charge in [-0.1, -0.05) is 13.0 Å². The van der Waals surface area contributed by atoms with Gasteiger partial charge in [0, 0.05) is 12.6 Å². The summed E-state index contributed by atoms with van der Waals surface area (Å²) < 4.78 is 40.3. The molecular weight excluding hydrogens is 279 g/mol. The smallest absolute Gasteiger partial charge is 0.243 e. The number of benzene rings is 1. The van der Waals surface area contributed by atoms with E-state index in [1.54, 1.807) is 4.31 Å². The van der Waals surface area contributed by atoms with E-state index in [0.717, 1.165) is 25.6 Å². The van der Waals surface area contributed by atoms with Crippen LogP contribution in [0.5, 0.6) is 0 Å². The van der Waals surface area contributed by atoms with Gasteiger partial charge in [0.2, 0.25) is 10.0 Å². The largest absolute Gasteiger partial charge is 0.316 e. The third-order valence-electron chi connectivity index (χ3n) is 4.49. The van der Waals surface area contributed by atoms with Crippen LogP contribution in [0.3, 0.4) is 0 Å². The normalized spacial score (nSPS) is 30.6. The molecule has 1 N–H and O–H groups in total. The first-order valence-corrected chi connectivity index (χ1v) is 8.46. The van der Waals surface area contributed by atoms with E-state index < -0.39 is 15.8 Å². The quantitative estimate of drug-likeness (QED) is 0.919. The maximum Gasteiger partial charge on any atom is 0.243 e. The van der Waals surface area contributed by atoms with Crippen LogP contribution in [0.15, 0.2) is 29.2 Å². The van der Waals surface area contributed by atoms with E-state index in [-0.39, 0.29) is 10.9 Å². The number of sulfonamides is 1. The molecule has 1 aromatic carbocycles. The summed E-state index contributed by atoms with van der Waals surface area (Å²) in [6.07, 6.45) is 0.789. The van der Waals surface area contributed by atoms with Crippen molar-refractivity contribution in [3.05, 3.63) is 30.1 Å². The summed E-state index contributed by atoms with van der Waals surface area (Å²) in [6.45, 7) is 4.29. The second kappa shape index (κ2) is 5.09. The second-order valence-corrected chi connectivity index (χ2v) is 7.48. The Morgan fingerprint density at radius 1 is 1.40 bits per heavy atom. The maximum absolute atomic E-state index is 13.3. The van der Waals surface area contributed by atoms with E-state index in [4.69, 9.17) is 0 Å². The van der Waals surface area contributed by atoms with Crippen molar-refractivity contribution < 1.29 is 12.8 Å². The Bertz CT molecular complexity index is 605. The van der Waals surface area contributed by atoms with Crippen molar-refractivity contribution in [1.29, 1.82) is 0 Å². The van der Waals surface area contributed by atoms with Crippen molar-refractivity contribution in [1.82, 2.24) is 9.62 Å². The Balaban J connectivity index is 1.95. The van der Waals surface area contributed by atoms with Crippen LogP contribution in [0.2, 0.25) is 0 Å². The third-order valence-corrected chi connectivity index (χ3v) is 6.38. The summed E-state index contributed by atoms with van der Waals surface area (Å²) >= 11 is 0. The molecule has 0 spiro atoms. The van der Waals surface area contributed by atoms with E-state index in [2.05, 4.69) is 5.32 Å². The van der Waals surface area contributed by atoms with Crippen molar-refractivity contribution in [3.8, 4) is 0 Å². The second-order valence-electron chi connectivity index (χ2n) is 5.59. The molecule has 3 atom stereocenters. The van der Waals surface area contributed by atoms with Gasteiger partial charge in [-0.25, -0.2) is 12.8 Å². The molecule has 2 aliphatic rings. The molecule has 2 fully saturated rings. The molecule has 2 aliphatic heterocycles. The Morgan fingerprint density at radius 2 is 2.20 bits per heavy atom. The Morgan fingerprint density at radius 3 is 2.90 bits per heavy atom. The fourth-order valence-corrected chi connectivity index (χ4v) is 5.36. The molecule has 0 radical (unpaired) electrons. The summed E-state index contributed by atoms with van der Waals surface area (Å²) in [5, 5.41) is 3.33. The Labute approximate surface area is 119 Å². The van der Waals surface area contributed by atoms with E-state index in [0.29, 0.717) is 18.4 Å². The summed E-state index contributed by atoms with van der Waals surface area (Å²) in [5.74, 6) is 0.242. The van der Waals surface area contributed by atoms with Crippen LogP contribution < -0.4 is 5.32 Å². The molecule has 6 heteroatoms. The average molecular weight is 298 g/mol. The monoisotopic (exact) mass is 298 g/mol. The lowest BCUT2D eigenvalue weighted by molar-refractivity contribution is 0.329. The van der Waals surface area contributed by atoms with E-state index in [1.165, 1.54) is 18.2 Å². The van der Waals surface area contributed by atoms with Crippen LogP contribution in [0, 0.1) is 17.7 Å². The molecule has 0 bridgehead atoms. The molecule has 110 valence electrons. The molecular formula is C14H19FN2O2S. The van der Waals surface area contributed by atoms with Crippen LogP contribution in [-0.4, -0.2) is 38.4 Å². The van der Waals surface area contributed by atoms with Crippen molar-refractivity contribution in [2.24, 2.45) is 11.8 Å². The standard InChI is InChI=1S/C14H19FN2O2S/c1-2-14-13-8-16-7-10(13)9-17(14)20(18,19)12-5-3-4-11(15)6-12/h3-6,10,13-14,16H,2,7-9H2,1H3. The fraction of sp³-hybridized carbons (Fsp3) is 0.571. The molecule has 3 unspecified atom stereocenters. The highest BCUT2D eigenvalue weighted by Crippen LogP contribution is 2.37. The highest BCUT2D eigenvalue weighted by molar-refractivity contribution is 7.89. The molecule has 0 aromatic heterocycles. The number of hydrogen-bond acceptors (Lipinski definition) is 3. The van der Waals surface area contributed by atoms with Gasteiger partial charge in [-0.3, -0.25) is 0 Å². The summed E-state index contributed by atoms with van der Waals surface area (Å²) in [4.78, 5) is 0.0592. The number of fused-ring (bicyclic) bond motifs is 1. The summed E-state index contributed by atoms with van der Waals surface area (Å²) in [7, 11) is -3.60. The number of halogens is 1. The molecule has 0 amide bonds. The first-order valence-electron chi connectivity index (χ1n) is 7.02. The van der Waals surface area contributed by atoms with Gasteiger partial charge >= 0.3 is 0 Å². The fourth-order valence-electron chi connectivity index (χ4n) is 3.53. The first-order chi connectivity index (χ1) is 9.54. The SMILES string of the molecule is CCC1C2CNCC2CN1S(=O)(=O)c1cccc(F)c1. The number of rotatable bonds is 3. The molecule has 0 saturated carbocycles. The number of hydrogen-bond donors (Lipinski definition) is 1. The van der Waals surface area contributed by atoms with Crippen molar-refractivity contribution in [3.63, 3.8) is 0 Å². The minimum absolute atomic E-state index is 0.0169. The summed E-state index contributed by atoms with van der Waals surface area (Å²) in [6, 6.07) is 5.30. The van der Waals surface area contributed by atoms with Gasteiger partial charge in [0.25, 0.3) is 0 Å². The van der Waals surface area contributed by atoms with Crippen LogP contribution >= 0.6 is 0 Å².